The molecular formula is C28H28N2O4. The van der Waals surface area contributed by atoms with Crippen molar-refractivity contribution in [2.45, 2.75) is 32.2 Å². The molecule has 1 unspecified atom stereocenters. The van der Waals surface area contributed by atoms with Crippen LogP contribution in [0.25, 0.3) is 5.76 Å². The monoisotopic (exact) mass is 456 g/mol. The van der Waals surface area contributed by atoms with Crippen LogP contribution in [0.5, 0.6) is 5.75 Å². The number of hydrogen-bond acceptors (Lipinski definition) is 5. The van der Waals surface area contributed by atoms with Crippen molar-refractivity contribution in [2.24, 2.45) is 0 Å². The first kappa shape index (κ1) is 23.2. The Kier molecular flexibility index (Phi) is 7.38. The lowest BCUT2D eigenvalue weighted by Gasteiger charge is -2.25. The van der Waals surface area contributed by atoms with Gasteiger partial charge in [0.2, 0.25) is 0 Å². The quantitative estimate of drug-likeness (QED) is 0.214. The van der Waals surface area contributed by atoms with E-state index in [0.717, 1.165) is 18.4 Å². The van der Waals surface area contributed by atoms with E-state index in [1.54, 1.807) is 36.7 Å². The fourth-order valence-electron chi connectivity index (χ4n) is 4.11. The zero-order chi connectivity index (χ0) is 23.9. The number of aliphatic hydroxyl groups is 1. The Bertz CT molecular complexity index is 1180. The molecule has 174 valence electrons. The molecule has 4 rings (SSSR count). The van der Waals surface area contributed by atoms with Gasteiger partial charge in [0.05, 0.1) is 18.2 Å². The standard InChI is InChI=1S/C28H28N2O4/c1-2-3-17-34-23-13-7-11-21(18-23)26(31)24-25(22-12-8-15-29-19-22)30(28(33)27(24)32)16-14-20-9-5-4-6-10-20/h4-13,15,18-19,25,31H,2-3,14,16-17H2,1H3/b26-24+. The highest BCUT2D eigenvalue weighted by atomic mass is 16.5. The number of hydrogen-bond donors (Lipinski definition) is 1. The Morgan fingerprint density at radius 1 is 1.06 bits per heavy atom. The van der Waals surface area contributed by atoms with Crippen LogP contribution in [0.3, 0.4) is 0 Å². The van der Waals surface area contributed by atoms with E-state index in [0.29, 0.717) is 36.4 Å². The zero-order valence-electron chi connectivity index (χ0n) is 19.2. The summed E-state index contributed by atoms with van der Waals surface area (Å²) in [6.07, 6.45) is 5.78. The van der Waals surface area contributed by atoms with Crippen molar-refractivity contribution in [3.63, 3.8) is 0 Å². The van der Waals surface area contributed by atoms with Gasteiger partial charge in [-0.15, -0.1) is 0 Å². The van der Waals surface area contributed by atoms with Crippen LogP contribution in [0.4, 0.5) is 0 Å². The van der Waals surface area contributed by atoms with E-state index >= 15 is 0 Å². The summed E-state index contributed by atoms with van der Waals surface area (Å²) >= 11 is 0. The van der Waals surface area contributed by atoms with E-state index in [-0.39, 0.29) is 11.3 Å². The van der Waals surface area contributed by atoms with Crippen LogP contribution in [0.15, 0.2) is 84.7 Å². The van der Waals surface area contributed by atoms with Gasteiger partial charge in [-0.2, -0.15) is 0 Å². The number of aliphatic hydroxyl groups excluding tert-OH is 1. The van der Waals surface area contributed by atoms with Crippen LogP contribution in [-0.2, 0) is 16.0 Å². The van der Waals surface area contributed by atoms with Crippen LogP contribution in [0.1, 0.15) is 42.5 Å². The van der Waals surface area contributed by atoms with Crippen molar-refractivity contribution < 1.29 is 19.4 Å². The number of benzene rings is 2. The van der Waals surface area contributed by atoms with Gasteiger partial charge in [-0.1, -0.05) is 61.9 Å². The fraction of sp³-hybridized carbons (Fsp3) is 0.250. The predicted molar refractivity (Wildman–Crippen MR) is 130 cm³/mol. The molecule has 1 N–H and O–H groups in total. The summed E-state index contributed by atoms with van der Waals surface area (Å²) in [4.78, 5) is 32.0. The Morgan fingerprint density at radius 3 is 2.62 bits per heavy atom. The van der Waals surface area contributed by atoms with E-state index in [1.807, 2.05) is 42.5 Å². The number of aromatic nitrogens is 1. The van der Waals surface area contributed by atoms with Gasteiger partial charge in [0.15, 0.2) is 0 Å². The molecule has 1 atom stereocenters. The molecule has 6 heteroatoms. The molecule has 6 nitrogen and oxygen atoms in total. The van der Waals surface area contributed by atoms with Gasteiger partial charge in [0, 0.05) is 24.5 Å². The third-order valence-corrected chi connectivity index (χ3v) is 5.90. The van der Waals surface area contributed by atoms with E-state index in [2.05, 4.69) is 11.9 Å². The highest BCUT2D eigenvalue weighted by Crippen LogP contribution is 2.39. The minimum absolute atomic E-state index is 0.0665. The first-order valence-electron chi connectivity index (χ1n) is 11.6. The number of unbranched alkanes of at least 4 members (excludes halogenated alkanes) is 1. The summed E-state index contributed by atoms with van der Waals surface area (Å²) in [5.41, 5.74) is 2.23. The van der Waals surface area contributed by atoms with Crippen molar-refractivity contribution in [1.29, 1.82) is 0 Å². The van der Waals surface area contributed by atoms with E-state index in [4.69, 9.17) is 4.74 Å². The summed E-state index contributed by atoms with van der Waals surface area (Å²) in [5.74, 6) is -0.928. The first-order chi connectivity index (χ1) is 16.6. The largest absolute Gasteiger partial charge is 0.507 e. The lowest BCUT2D eigenvalue weighted by molar-refractivity contribution is -0.139. The van der Waals surface area contributed by atoms with Crippen LogP contribution in [0, 0.1) is 0 Å². The Morgan fingerprint density at radius 2 is 1.88 bits per heavy atom. The van der Waals surface area contributed by atoms with Crippen molar-refractivity contribution in [2.75, 3.05) is 13.2 Å². The number of pyridine rings is 1. The second-order valence-electron chi connectivity index (χ2n) is 8.24. The van der Waals surface area contributed by atoms with Crippen LogP contribution in [-0.4, -0.2) is 39.8 Å². The normalized spacial score (nSPS) is 17.2. The summed E-state index contributed by atoms with van der Waals surface area (Å²) in [6, 6.07) is 19.6. The number of rotatable bonds is 9. The maximum absolute atomic E-state index is 13.2. The maximum Gasteiger partial charge on any atom is 0.295 e. The number of ketones is 1. The summed E-state index contributed by atoms with van der Waals surface area (Å²) in [5, 5.41) is 11.2. The molecule has 0 radical (unpaired) electrons. The number of ether oxygens (including phenoxy) is 1. The summed E-state index contributed by atoms with van der Waals surface area (Å²) < 4.78 is 5.76. The number of nitrogens with zero attached hydrogens (tertiary/aromatic N) is 2. The van der Waals surface area contributed by atoms with Gasteiger partial charge in [-0.25, -0.2) is 0 Å². The minimum atomic E-state index is -0.720. The maximum atomic E-state index is 13.2. The Balaban J connectivity index is 1.71. The topological polar surface area (TPSA) is 79.7 Å². The molecule has 0 aliphatic carbocycles. The molecule has 1 fully saturated rings. The van der Waals surface area contributed by atoms with E-state index in [9.17, 15) is 14.7 Å². The molecule has 1 amide bonds. The highest BCUT2D eigenvalue weighted by molar-refractivity contribution is 6.46. The number of Topliss-reactive ketones (excluding diaryl/α,β-unsaturated/α-hetero) is 1. The van der Waals surface area contributed by atoms with E-state index < -0.39 is 17.7 Å². The van der Waals surface area contributed by atoms with Gasteiger partial charge >= 0.3 is 0 Å². The minimum Gasteiger partial charge on any atom is -0.507 e. The molecule has 1 saturated heterocycles. The van der Waals surface area contributed by atoms with Crippen LogP contribution >= 0.6 is 0 Å². The molecule has 34 heavy (non-hydrogen) atoms. The molecule has 2 heterocycles. The van der Waals surface area contributed by atoms with Crippen molar-refractivity contribution in [3.8, 4) is 5.75 Å². The summed E-state index contributed by atoms with van der Waals surface area (Å²) in [6.45, 7) is 2.99. The van der Waals surface area contributed by atoms with Gasteiger partial charge in [-0.3, -0.25) is 14.6 Å². The molecule has 1 aliphatic rings. The molecule has 0 spiro atoms. The highest BCUT2D eigenvalue weighted by Gasteiger charge is 2.45. The first-order valence-corrected chi connectivity index (χ1v) is 11.6. The molecule has 1 aromatic heterocycles. The Labute approximate surface area is 199 Å². The second kappa shape index (κ2) is 10.8. The number of amides is 1. The fourth-order valence-corrected chi connectivity index (χ4v) is 4.11. The predicted octanol–water partition coefficient (Wildman–Crippen LogP) is 4.92. The Hall–Kier alpha value is -3.93. The van der Waals surface area contributed by atoms with Gasteiger partial charge in [0.1, 0.15) is 11.5 Å². The van der Waals surface area contributed by atoms with Crippen LogP contribution in [0.2, 0.25) is 0 Å². The number of carbonyl (C=O) groups is 2. The molecule has 3 aromatic rings. The van der Waals surface area contributed by atoms with Crippen molar-refractivity contribution in [1.82, 2.24) is 9.88 Å². The lowest BCUT2D eigenvalue weighted by atomic mass is 9.96. The average Bonchev–Trinajstić information content (AvgIpc) is 3.13. The number of carbonyl (C=O) groups excluding carboxylic acids is 2. The SMILES string of the molecule is CCCCOc1cccc(/C(O)=C2\C(=O)C(=O)N(CCc3ccccc3)C2c2cccnc2)c1. The average molecular weight is 457 g/mol. The van der Waals surface area contributed by atoms with Gasteiger partial charge in [0.25, 0.3) is 11.7 Å². The van der Waals surface area contributed by atoms with Crippen LogP contribution < -0.4 is 4.74 Å². The third-order valence-electron chi connectivity index (χ3n) is 5.90. The lowest BCUT2D eigenvalue weighted by Crippen LogP contribution is -2.31. The number of likely N-dealkylation sites (tertiary alicyclic amines) is 1. The van der Waals surface area contributed by atoms with Gasteiger partial charge < -0.3 is 14.7 Å². The molecule has 1 aliphatic heterocycles. The molecule has 0 saturated carbocycles. The summed E-state index contributed by atoms with van der Waals surface area (Å²) in [7, 11) is 0. The van der Waals surface area contributed by atoms with Crippen molar-refractivity contribution in [3.05, 3.63) is 101 Å². The van der Waals surface area contributed by atoms with Crippen molar-refractivity contribution >= 4 is 17.4 Å². The molecule has 2 aromatic carbocycles. The second-order valence-corrected chi connectivity index (χ2v) is 8.24. The third kappa shape index (κ3) is 5.01. The smallest absolute Gasteiger partial charge is 0.295 e. The van der Waals surface area contributed by atoms with E-state index in [1.165, 1.54) is 4.90 Å². The zero-order valence-corrected chi connectivity index (χ0v) is 19.2. The van der Waals surface area contributed by atoms with Gasteiger partial charge in [-0.05, 0) is 42.2 Å². The molecular weight excluding hydrogens is 428 g/mol. The molecule has 0 bridgehead atoms.